The Morgan fingerprint density at radius 3 is 2.76 bits per heavy atom. The van der Waals surface area contributed by atoms with E-state index in [-0.39, 0.29) is 10.6 Å². The highest BCUT2D eigenvalue weighted by molar-refractivity contribution is 5.56. The third-order valence-electron chi connectivity index (χ3n) is 4.10. The van der Waals surface area contributed by atoms with E-state index in [1.807, 2.05) is 6.07 Å². The van der Waals surface area contributed by atoms with Crippen LogP contribution >= 0.6 is 0 Å². The average Bonchev–Trinajstić information content (AvgIpc) is 2.41. The first kappa shape index (κ1) is 15.8. The molecule has 0 amide bonds. The summed E-state index contributed by atoms with van der Waals surface area (Å²) in [6.45, 7) is 4.83. The number of nitrogens with zero attached hydrogens (tertiary/aromatic N) is 2. The van der Waals surface area contributed by atoms with E-state index in [4.69, 9.17) is 0 Å². The van der Waals surface area contributed by atoms with Gasteiger partial charge >= 0.3 is 0 Å². The Morgan fingerprint density at radius 1 is 1.43 bits per heavy atom. The Labute approximate surface area is 126 Å². The van der Waals surface area contributed by atoms with E-state index in [1.165, 1.54) is 19.3 Å². The molecule has 1 N–H and O–H groups in total. The van der Waals surface area contributed by atoms with Crippen LogP contribution < -0.4 is 5.32 Å². The Balaban J connectivity index is 2.08. The predicted octanol–water partition coefficient (Wildman–Crippen LogP) is 3.65. The van der Waals surface area contributed by atoms with Crippen LogP contribution in [0.5, 0.6) is 0 Å². The Bertz CT molecular complexity index is 486. The Morgan fingerprint density at radius 2 is 2.19 bits per heavy atom. The number of anilines is 1. The zero-order valence-electron chi connectivity index (χ0n) is 13.0. The molecule has 1 aromatic rings. The normalized spacial score (nSPS) is 15.0. The summed E-state index contributed by atoms with van der Waals surface area (Å²) in [5.74, 6) is 0.806. The van der Waals surface area contributed by atoms with Crippen LogP contribution in [0.3, 0.4) is 0 Å². The van der Waals surface area contributed by atoms with Gasteiger partial charge in [-0.3, -0.25) is 10.1 Å². The molecule has 21 heavy (non-hydrogen) atoms. The molecule has 0 saturated heterocycles. The first-order chi connectivity index (χ1) is 10.1. The van der Waals surface area contributed by atoms with Gasteiger partial charge in [-0.1, -0.05) is 13.3 Å². The molecule has 0 aliphatic heterocycles. The van der Waals surface area contributed by atoms with E-state index in [1.54, 1.807) is 12.1 Å². The number of benzene rings is 1. The standard InChI is InChI=1S/C16H25N3O2/c1-3-9-17-16-8-7-15(19(20)21)10-14(16)12-18(2)11-13-5-4-6-13/h7-8,10,13,17H,3-6,9,11-12H2,1-2H3. The van der Waals surface area contributed by atoms with E-state index < -0.39 is 0 Å². The number of non-ortho nitro benzene ring substituents is 1. The molecule has 1 fully saturated rings. The summed E-state index contributed by atoms with van der Waals surface area (Å²) in [6.07, 6.45) is 5.02. The number of nitro groups is 1. The average molecular weight is 291 g/mol. The molecule has 116 valence electrons. The molecule has 1 aromatic carbocycles. The van der Waals surface area contributed by atoms with Crippen molar-refractivity contribution in [3.8, 4) is 0 Å². The molecular weight excluding hydrogens is 266 g/mol. The van der Waals surface area contributed by atoms with Gasteiger partial charge in [-0.25, -0.2) is 0 Å². The van der Waals surface area contributed by atoms with E-state index in [0.717, 1.165) is 43.2 Å². The maximum absolute atomic E-state index is 11.0. The first-order valence-corrected chi connectivity index (χ1v) is 7.80. The van der Waals surface area contributed by atoms with Crippen molar-refractivity contribution >= 4 is 11.4 Å². The van der Waals surface area contributed by atoms with Crippen molar-refractivity contribution in [2.24, 2.45) is 5.92 Å². The highest BCUT2D eigenvalue weighted by atomic mass is 16.6. The van der Waals surface area contributed by atoms with Gasteiger partial charge in [0.25, 0.3) is 5.69 Å². The molecule has 2 rings (SSSR count). The number of rotatable bonds is 8. The van der Waals surface area contributed by atoms with E-state index >= 15 is 0 Å². The van der Waals surface area contributed by atoms with Gasteiger partial charge in [0.15, 0.2) is 0 Å². The number of hydrogen-bond donors (Lipinski definition) is 1. The number of nitrogens with one attached hydrogen (secondary N) is 1. The second-order valence-electron chi connectivity index (χ2n) is 6.02. The van der Waals surface area contributed by atoms with Crippen LogP contribution in [0, 0.1) is 16.0 Å². The van der Waals surface area contributed by atoms with Crippen molar-refractivity contribution in [1.82, 2.24) is 4.90 Å². The van der Waals surface area contributed by atoms with Gasteiger partial charge in [0, 0.05) is 37.5 Å². The van der Waals surface area contributed by atoms with Crippen LogP contribution in [-0.4, -0.2) is 30.0 Å². The summed E-state index contributed by atoms with van der Waals surface area (Å²) in [7, 11) is 2.10. The van der Waals surface area contributed by atoms with Crippen LogP contribution in [-0.2, 0) is 6.54 Å². The van der Waals surface area contributed by atoms with E-state index in [0.29, 0.717) is 0 Å². The lowest BCUT2D eigenvalue weighted by molar-refractivity contribution is -0.384. The number of nitro benzene ring substituents is 1. The van der Waals surface area contributed by atoms with Crippen LogP contribution in [0.15, 0.2) is 18.2 Å². The highest BCUT2D eigenvalue weighted by Gasteiger charge is 2.20. The molecule has 0 spiro atoms. The van der Waals surface area contributed by atoms with E-state index in [9.17, 15) is 10.1 Å². The molecule has 0 aromatic heterocycles. The lowest BCUT2D eigenvalue weighted by Crippen LogP contribution is -2.29. The topological polar surface area (TPSA) is 58.4 Å². The Kier molecular flexibility index (Phi) is 5.56. The van der Waals surface area contributed by atoms with Gasteiger partial charge < -0.3 is 10.2 Å². The lowest BCUT2D eigenvalue weighted by Gasteiger charge is -2.30. The van der Waals surface area contributed by atoms with Crippen molar-refractivity contribution in [1.29, 1.82) is 0 Å². The highest BCUT2D eigenvalue weighted by Crippen LogP contribution is 2.28. The second-order valence-corrected chi connectivity index (χ2v) is 6.02. The van der Waals surface area contributed by atoms with Crippen LogP contribution in [0.4, 0.5) is 11.4 Å². The van der Waals surface area contributed by atoms with Crippen molar-refractivity contribution in [2.45, 2.75) is 39.2 Å². The molecule has 5 nitrogen and oxygen atoms in total. The molecule has 0 bridgehead atoms. The van der Waals surface area contributed by atoms with E-state index in [2.05, 4.69) is 24.2 Å². The first-order valence-electron chi connectivity index (χ1n) is 7.80. The molecule has 0 heterocycles. The minimum atomic E-state index is -0.320. The minimum absolute atomic E-state index is 0.170. The van der Waals surface area contributed by atoms with Gasteiger partial charge in [-0.2, -0.15) is 0 Å². The molecule has 1 aliphatic rings. The molecule has 5 heteroatoms. The maximum Gasteiger partial charge on any atom is 0.269 e. The predicted molar refractivity (Wildman–Crippen MR) is 85.6 cm³/mol. The van der Waals surface area contributed by atoms with Crippen LogP contribution in [0.1, 0.15) is 38.2 Å². The molecule has 0 atom stereocenters. The zero-order chi connectivity index (χ0) is 15.2. The molecule has 1 aliphatic carbocycles. The van der Waals surface area contributed by atoms with Crippen LogP contribution in [0.25, 0.3) is 0 Å². The molecule has 1 saturated carbocycles. The summed E-state index contributed by atoms with van der Waals surface area (Å²) in [4.78, 5) is 12.9. The van der Waals surface area contributed by atoms with Gasteiger partial charge in [0.2, 0.25) is 0 Å². The van der Waals surface area contributed by atoms with Gasteiger partial charge in [-0.15, -0.1) is 0 Å². The van der Waals surface area contributed by atoms with Gasteiger partial charge in [-0.05, 0) is 43.9 Å². The quantitative estimate of drug-likeness (QED) is 0.586. The van der Waals surface area contributed by atoms with Gasteiger partial charge in [0.05, 0.1) is 4.92 Å². The minimum Gasteiger partial charge on any atom is -0.385 e. The fraction of sp³-hybridized carbons (Fsp3) is 0.625. The zero-order valence-corrected chi connectivity index (χ0v) is 13.0. The summed E-state index contributed by atoms with van der Waals surface area (Å²) in [6, 6.07) is 5.11. The monoisotopic (exact) mass is 291 g/mol. The molecule has 0 unspecified atom stereocenters. The largest absolute Gasteiger partial charge is 0.385 e. The van der Waals surface area contributed by atoms with Crippen molar-refractivity contribution in [3.05, 3.63) is 33.9 Å². The SMILES string of the molecule is CCCNc1ccc([N+](=O)[O-])cc1CN(C)CC1CCC1. The molecule has 0 radical (unpaired) electrons. The second kappa shape index (κ2) is 7.41. The summed E-state index contributed by atoms with van der Waals surface area (Å²) >= 11 is 0. The van der Waals surface area contributed by atoms with Crippen LogP contribution in [0.2, 0.25) is 0 Å². The lowest BCUT2D eigenvalue weighted by atomic mass is 9.85. The van der Waals surface area contributed by atoms with Crippen molar-refractivity contribution in [2.75, 3.05) is 25.5 Å². The maximum atomic E-state index is 11.0. The Hall–Kier alpha value is -1.62. The van der Waals surface area contributed by atoms with Crippen molar-refractivity contribution < 1.29 is 4.92 Å². The number of hydrogen-bond acceptors (Lipinski definition) is 4. The summed E-state index contributed by atoms with van der Waals surface area (Å²) in [5.41, 5.74) is 2.20. The summed E-state index contributed by atoms with van der Waals surface area (Å²) < 4.78 is 0. The third kappa shape index (κ3) is 4.43. The fourth-order valence-corrected chi connectivity index (χ4v) is 2.73. The van der Waals surface area contributed by atoms with Crippen molar-refractivity contribution in [3.63, 3.8) is 0 Å². The smallest absolute Gasteiger partial charge is 0.269 e. The molecular formula is C16H25N3O2. The third-order valence-corrected chi connectivity index (χ3v) is 4.10. The fourth-order valence-electron chi connectivity index (χ4n) is 2.73. The summed E-state index contributed by atoms with van der Waals surface area (Å²) in [5, 5.41) is 14.3. The van der Waals surface area contributed by atoms with Gasteiger partial charge in [0.1, 0.15) is 0 Å².